The number of hydrazone groups is 3. The van der Waals surface area contributed by atoms with E-state index in [1.165, 1.54) is 21.3 Å². The molecule has 0 amide bonds. The standard InChI is InChI=1S/C14H16N2O3.C13H14N2O3.C13H16N2O3/c1-9-4-5-11-10(6-9)7-14(13(17)18-3)12(11)15-16(2)8-19-14;1-8-3-4-10-9(5-8)6-13(12(16)17-2)11(10)15-14-7-18-13;1-8-4-5-10-9(6-8)7-13(17,12(16)18-3)11(10)15-14-2/h4-6H,7-8H2,1-3H3;3-5,14H,6-7H2,1-2H3;4-6,14,17H,7H2,1-3H3/b;;15-11+. The van der Waals surface area contributed by atoms with Gasteiger partial charge in [-0.3, -0.25) is 10.4 Å². The highest BCUT2D eigenvalue weighted by molar-refractivity contribution is 6.23. The Bertz CT molecular complexity index is 2120. The lowest BCUT2D eigenvalue weighted by atomic mass is 9.98. The van der Waals surface area contributed by atoms with Gasteiger partial charge >= 0.3 is 17.9 Å². The van der Waals surface area contributed by atoms with Crippen molar-refractivity contribution in [2.24, 2.45) is 15.3 Å². The van der Waals surface area contributed by atoms with Gasteiger partial charge in [0.25, 0.3) is 0 Å². The van der Waals surface area contributed by atoms with Crippen molar-refractivity contribution in [3.8, 4) is 0 Å². The summed E-state index contributed by atoms with van der Waals surface area (Å²) in [5.74, 6) is -1.46. The molecular weight excluding hydrogens is 708 g/mol. The van der Waals surface area contributed by atoms with Crippen LogP contribution in [0.4, 0.5) is 0 Å². The van der Waals surface area contributed by atoms with Crippen molar-refractivity contribution in [2.75, 3.05) is 48.9 Å². The van der Waals surface area contributed by atoms with Crippen LogP contribution in [0.2, 0.25) is 0 Å². The maximum Gasteiger partial charge on any atom is 0.345 e. The number of carbonyl (C=O) groups is 3. The Morgan fingerprint density at radius 3 is 1.78 bits per heavy atom. The number of rotatable bonds is 4. The van der Waals surface area contributed by atoms with Crippen LogP contribution in [0.15, 0.2) is 69.9 Å². The Morgan fingerprint density at radius 2 is 1.25 bits per heavy atom. The van der Waals surface area contributed by atoms with Gasteiger partial charge in [0.15, 0.2) is 0 Å². The van der Waals surface area contributed by atoms with Crippen molar-refractivity contribution in [2.45, 2.75) is 56.8 Å². The van der Waals surface area contributed by atoms with Gasteiger partial charge in [0.05, 0.1) is 21.3 Å². The number of hydrogen-bond acceptors (Lipinski definition) is 15. The number of aryl methyl sites for hydroxylation is 3. The second-order valence-electron chi connectivity index (χ2n) is 14.0. The lowest BCUT2D eigenvalue weighted by molar-refractivity contribution is -0.166. The van der Waals surface area contributed by atoms with E-state index in [0.29, 0.717) is 30.0 Å². The van der Waals surface area contributed by atoms with Crippen molar-refractivity contribution < 1.29 is 43.2 Å². The van der Waals surface area contributed by atoms with Crippen LogP contribution >= 0.6 is 0 Å². The van der Waals surface area contributed by atoms with Gasteiger partial charge in [-0.05, 0) is 37.5 Å². The molecule has 15 heteroatoms. The monoisotopic (exact) mass is 754 g/mol. The highest BCUT2D eigenvalue weighted by Gasteiger charge is 2.55. The first-order valence-electron chi connectivity index (χ1n) is 17.7. The summed E-state index contributed by atoms with van der Waals surface area (Å²) in [6.07, 6.45) is 1.16. The van der Waals surface area contributed by atoms with Gasteiger partial charge in [-0.15, -0.1) is 0 Å². The van der Waals surface area contributed by atoms with Crippen LogP contribution in [0.25, 0.3) is 0 Å². The normalized spacial score (nSPS) is 24.4. The molecule has 0 radical (unpaired) electrons. The van der Waals surface area contributed by atoms with E-state index in [2.05, 4.69) is 43.0 Å². The average Bonchev–Trinajstić information content (AvgIpc) is 3.79. The fourth-order valence-electron chi connectivity index (χ4n) is 7.60. The number of fused-ring (bicyclic) bond motifs is 7. The van der Waals surface area contributed by atoms with Crippen molar-refractivity contribution in [1.29, 1.82) is 0 Å². The lowest BCUT2D eigenvalue weighted by Gasteiger charge is -2.33. The Labute approximate surface area is 319 Å². The molecule has 5 aliphatic rings. The minimum absolute atomic E-state index is 0.192. The first-order valence-corrected chi connectivity index (χ1v) is 17.7. The Hall–Kier alpha value is -5.64. The van der Waals surface area contributed by atoms with E-state index in [-0.39, 0.29) is 25.9 Å². The van der Waals surface area contributed by atoms with Crippen LogP contribution in [-0.2, 0) is 57.3 Å². The number of benzene rings is 3. The molecule has 2 aliphatic heterocycles. The molecule has 0 fully saturated rings. The molecular formula is C40H46N6O9. The summed E-state index contributed by atoms with van der Waals surface area (Å²) in [6, 6.07) is 17.9. The lowest BCUT2D eigenvalue weighted by Crippen LogP contribution is -2.53. The Morgan fingerprint density at radius 1 is 0.764 bits per heavy atom. The zero-order valence-electron chi connectivity index (χ0n) is 32.2. The van der Waals surface area contributed by atoms with E-state index in [1.807, 2.05) is 70.3 Å². The number of nitrogens with one attached hydrogen (secondary N) is 2. The molecule has 3 unspecified atom stereocenters. The SMILES string of the molecule is CN/N=C1\c2ccc(C)cc2CC1(O)C(=O)OC.COC(=O)C12Cc3cc(C)ccc3C1=NN(C)CO2.COC(=O)C12Cc3cc(C)ccc3C1=NNCO2. The molecule has 0 aromatic heterocycles. The second-order valence-corrected chi connectivity index (χ2v) is 14.0. The largest absolute Gasteiger partial charge is 0.467 e. The van der Waals surface area contributed by atoms with Gasteiger partial charge in [-0.2, -0.15) is 15.3 Å². The first-order chi connectivity index (χ1) is 26.3. The van der Waals surface area contributed by atoms with Crippen molar-refractivity contribution in [3.05, 3.63) is 105 Å². The predicted octanol–water partition coefficient (Wildman–Crippen LogP) is 2.21. The maximum absolute atomic E-state index is 12.2. The summed E-state index contributed by atoms with van der Waals surface area (Å²) < 4.78 is 25.9. The average molecular weight is 755 g/mol. The number of ether oxygens (including phenoxy) is 5. The van der Waals surface area contributed by atoms with E-state index in [0.717, 1.165) is 50.1 Å². The Balaban J connectivity index is 0.000000140. The molecule has 3 atom stereocenters. The number of aliphatic hydroxyl groups is 1. The molecule has 290 valence electrons. The zero-order chi connectivity index (χ0) is 39.7. The fourth-order valence-corrected chi connectivity index (χ4v) is 7.60. The number of esters is 3. The third-order valence-corrected chi connectivity index (χ3v) is 10.1. The van der Waals surface area contributed by atoms with E-state index >= 15 is 0 Å². The summed E-state index contributed by atoms with van der Waals surface area (Å²) in [6.45, 7) is 6.51. The molecule has 3 N–H and O–H groups in total. The topological polar surface area (TPSA) is 182 Å². The van der Waals surface area contributed by atoms with Gasteiger partial charge in [-0.25, -0.2) is 14.4 Å². The molecule has 3 aromatic carbocycles. The third-order valence-electron chi connectivity index (χ3n) is 10.1. The number of methoxy groups -OCH3 is 3. The number of carbonyl (C=O) groups excluding carboxylic acids is 3. The van der Waals surface area contributed by atoms with Gasteiger partial charge < -0.3 is 34.2 Å². The van der Waals surface area contributed by atoms with Crippen molar-refractivity contribution in [3.63, 3.8) is 0 Å². The van der Waals surface area contributed by atoms with E-state index < -0.39 is 28.7 Å². The van der Waals surface area contributed by atoms with Crippen LogP contribution in [0, 0.1) is 20.8 Å². The summed E-state index contributed by atoms with van der Waals surface area (Å²) in [5.41, 5.74) is 12.3. The van der Waals surface area contributed by atoms with Crippen molar-refractivity contribution in [1.82, 2.24) is 15.9 Å². The van der Waals surface area contributed by atoms with E-state index in [4.69, 9.17) is 18.9 Å². The van der Waals surface area contributed by atoms with Gasteiger partial charge in [-0.1, -0.05) is 71.3 Å². The molecule has 3 aromatic rings. The number of hydrogen-bond donors (Lipinski definition) is 3. The third kappa shape index (κ3) is 6.83. The highest BCUT2D eigenvalue weighted by atomic mass is 16.6. The number of nitrogens with zero attached hydrogens (tertiary/aromatic N) is 4. The molecule has 0 bridgehead atoms. The minimum atomic E-state index is -1.70. The molecule has 8 rings (SSSR count). The predicted molar refractivity (Wildman–Crippen MR) is 203 cm³/mol. The molecule has 0 saturated carbocycles. The summed E-state index contributed by atoms with van der Waals surface area (Å²) in [5, 5.41) is 25.0. The minimum Gasteiger partial charge on any atom is -0.467 e. The zero-order valence-corrected chi connectivity index (χ0v) is 32.2. The van der Waals surface area contributed by atoms with Crippen molar-refractivity contribution >= 4 is 35.0 Å². The summed E-state index contributed by atoms with van der Waals surface area (Å²) in [7, 11) is 7.45. The second kappa shape index (κ2) is 15.2. The molecule has 3 aliphatic carbocycles. The fraction of sp³-hybridized carbons (Fsp3) is 0.400. The molecule has 15 nitrogen and oxygen atoms in total. The van der Waals surface area contributed by atoms with Gasteiger partial charge in [0.1, 0.15) is 30.6 Å². The molecule has 2 heterocycles. The van der Waals surface area contributed by atoms with Crippen LogP contribution in [0.1, 0.15) is 50.1 Å². The van der Waals surface area contributed by atoms with Crippen LogP contribution in [-0.4, -0.2) is 111 Å². The quantitative estimate of drug-likeness (QED) is 0.201. The summed E-state index contributed by atoms with van der Waals surface area (Å²) in [4.78, 5) is 36.0. The highest BCUT2D eigenvalue weighted by Crippen LogP contribution is 2.38. The van der Waals surface area contributed by atoms with E-state index in [9.17, 15) is 19.5 Å². The van der Waals surface area contributed by atoms with Crippen LogP contribution in [0.3, 0.4) is 0 Å². The smallest absolute Gasteiger partial charge is 0.345 e. The maximum atomic E-state index is 12.2. The van der Waals surface area contributed by atoms with Gasteiger partial charge in [0.2, 0.25) is 16.8 Å². The van der Waals surface area contributed by atoms with Crippen LogP contribution < -0.4 is 10.9 Å². The van der Waals surface area contributed by atoms with E-state index in [1.54, 1.807) is 12.1 Å². The summed E-state index contributed by atoms with van der Waals surface area (Å²) >= 11 is 0. The molecule has 0 spiro atoms. The molecule has 0 saturated heterocycles. The van der Waals surface area contributed by atoms with Crippen LogP contribution in [0.5, 0.6) is 0 Å². The Kier molecular flexibility index (Phi) is 10.8. The molecule has 55 heavy (non-hydrogen) atoms. The first kappa shape index (κ1) is 39.1. The van der Waals surface area contributed by atoms with Gasteiger partial charge in [0, 0.05) is 50.0 Å².